The third-order valence-corrected chi connectivity index (χ3v) is 2.19. The Kier molecular flexibility index (Phi) is 2.44. The fraction of sp³-hybridized carbons (Fsp3) is 1.00. The number of halogens is 2. The fourth-order valence-corrected chi connectivity index (χ4v) is 1.20. The summed E-state index contributed by atoms with van der Waals surface area (Å²) in [6.07, 6.45) is -0.942. The smallest absolute Gasteiger partial charge is 0.306 e. The molecule has 0 saturated heterocycles. The van der Waals surface area contributed by atoms with Gasteiger partial charge in [0.15, 0.2) is 0 Å². The molecule has 0 heterocycles. The summed E-state index contributed by atoms with van der Waals surface area (Å²) < 4.78 is 15.1. The molecule has 1 fully saturated rings. The molecule has 2 nitrogen and oxygen atoms in total. The van der Waals surface area contributed by atoms with Gasteiger partial charge in [-0.25, -0.2) is 0 Å². The molecule has 0 bridgehead atoms. The Morgan fingerprint density at radius 1 is 1.56 bits per heavy atom. The fourth-order valence-electron chi connectivity index (χ4n) is 0.477. The molecule has 1 aliphatic carbocycles. The molecule has 54 valence electrons. The second kappa shape index (κ2) is 2.79. The van der Waals surface area contributed by atoms with E-state index in [1.165, 1.54) is 0 Å². The Morgan fingerprint density at radius 2 is 2.11 bits per heavy atom. The summed E-state index contributed by atoms with van der Waals surface area (Å²) in [7, 11) is 0. The third kappa shape index (κ3) is 4.21. The van der Waals surface area contributed by atoms with Crippen LogP contribution in [0.2, 0.25) is 0 Å². The van der Waals surface area contributed by atoms with Gasteiger partial charge in [0.2, 0.25) is 0 Å². The van der Waals surface area contributed by atoms with Crippen molar-refractivity contribution in [3.63, 3.8) is 0 Å². The predicted octanol–water partition coefficient (Wildman–Crippen LogP) is 3.00. The zero-order chi connectivity index (χ0) is 6.91. The molecule has 0 spiro atoms. The Morgan fingerprint density at radius 3 is 2.44 bits per heavy atom. The lowest BCUT2D eigenvalue weighted by molar-refractivity contribution is 0.316. The minimum absolute atomic E-state index is 0.449. The first kappa shape index (κ1) is 7.87. The summed E-state index contributed by atoms with van der Waals surface area (Å²) in [5, 5.41) is 0. The van der Waals surface area contributed by atoms with Crippen LogP contribution in [0.4, 0.5) is 0 Å². The highest BCUT2D eigenvalue weighted by Crippen LogP contribution is 2.58. The number of hydrogen-bond acceptors (Lipinski definition) is 2. The molecule has 0 unspecified atom stereocenters. The number of rotatable bonds is 3. The molecule has 0 aliphatic heterocycles. The van der Waals surface area contributed by atoms with E-state index in [0.29, 0.717) is 12.5 Å². The van der Waals surface area contributed by atoms with Crippen molar-refractivity contribution >= 4 is 28.6 Å². The topological polar surface area (TPSA) is 26.3 Å². The first-order chi connectivity index (χ1) is 4.08. The van der Waals surface area contributed by atoms with Gasteiger partial charge in [-0.3, -0.25) is 4.57 Å². The van der Waals surface area contributed by atoms with Crippen molar-refractivity contribution in [1.29, 1.82) is 0 Å². The van der Waals surface area contributed by atoms with E-state index >= 15 is 0 Å². The summed E-state index contributed by atoms with van der Waals surface area (Å²) in [5.74, 6) is 0.552. The van der Waals surface area contributed by atoms with Gasteiger partial charge in [-0.2, -0.15) is 0 Å². The summed E-state index contributed by atoms with van der Waals surface area (Å²) >= 11 is 10.2. The lowest BCUT2D eigenvalue weighted by Crippen LogP contribution is -1.87. The predicted molar refractivity (Wildman–Crippen MR) is 38.0 cm³/mol. The molecule has 0 N–H and O–H groups in total. The van der Waals surface area contributed by atoms with E-state index in [4.69, 9.17) is 22.5 Å². The van der Waals surface area contributed by atoms with Gasteiger partial charge in [-0.05, 0) is 41.2 Å². The summed E-state index contributed by atoms with van der Waals surface area (Å²) in [5.41, 5.74) is 0. The molecule has 0 amide bonds. The average molecular weight is 189 g/mol. The molecular formula is C4H7Cl2O2P. The van der Waals surface area contributed by atoms with Crippen molar-refractivity contribution in [1.82, 2.24) is 0 Å². The molecule has 1 aliphatic rings. The minimum Gasteiger partial charge on any atom is -0.306 e. The van der Waals surface area contributed by atoms with Crippen LogP contribution >= 0.6 is 28.6 Å². The third-order valence-electron chi connectivity index (χ3n) is 1.16. The van der Waals surface area contributed by atoms with Crippen LogP contribution in [0.1, 0.15) is 12.8 Å². The quantitative estimate of drug-likeness (QED) is 0.637. The van der Waals surface area contributed by atoms with Crippen LogP contribution in [-0.2, 0) is 9.09 Å². The normalized spacial score (nSPS) is 20.2. The van der Waals surface area contributed by atoms with E-state index in [1.54, 1.807) is 0 Å². The van der Waals surface area contributed by atoms with Crippen LogP contribution in [0.15, 0.2) is 0 Å². The standard InChI is InChI=1S/C4H7Cl2O2P/c5-9(6,7)8-3-4-1-2-4/h4H,1-3H2. The first-order valence-corrected chi connectivity index (χ1v) is 6.15. The molecule has 0 atom stereocenters. The van der Waals surface area contributed by atoms with E-state index in [9.17, 15) is 4.57 Å². The molecule has 9 heavy (non-hydrogen) atoms. The highest BCUT2D eigenvalue weighted by Gasteiger charge is 2.25. The molecule has 0 radical (unpaired) electrons. The van der Waals surface area contributed by atoms with Crippen molar-refractivity contribution < 1.29 is 9.09 Å². The van der Waals surface area contributed by atoms with Crippen molar-refractivity contribution in [3.8, 4) is 0 Å². The summed E-state index contributed by atoms with van der Waals surface area (Å²) in [6.45, 7) is 0.449. The molecule has 5 heteroatoms. The average Bonchev–Trinajstić information content (AvgIpc) is 2.38. The van der Waals surface area contributed by atoms with E-state index in [1.807, 2.05) is 0 Å². The maximum Gasteiger partial charge on any atom is 0.380 e. The van der Waals surface area contributed by atoms with Gasteiger partial charge in [0, 0.05) is 0 Å². The molecule has 0 aromatic carbocycles. The van der Waals surface area contributed by atoms with Crippen LogP contribution in [0, 0.1) is 5.92 Å². The lowest BCUT2D eigenvalue weighted by atomic mass is 10.5. The van der Waals surface area contributed by atoms with Gasteiger partial charge in [0.25, 0.3) is 0 Å². The Hall–Kier alpha value is 0.770. The van der Waals surface area contributed by atoms with Crippen molar-refractivity contribution in [2.75, 3.05) is 6.61 Å². The Bertz CT molecular complexity index is 140. The molecule has 0 aromatic heterocycles. The van der Waals surface area contributed by atoms with Crippen LogP contribution in [0.5, 0.6) is 0 Å². The van der Waals surface area contributed by atoms with E-state index in [0.717, 1.165) is 12.8 Å². The zero-order valence-corrected chi connectivity index (χ0v) is 7.12. The highest BCUT2D eigenvalue weighted by molar-refractivity contribution is 8.05. The minimum atomic E-state index is -3.24. The largest absolute Gasteiger partial charge is 0.380 e. The highest BCUT2D eigenvalue weighted by atomic mass is 35.9. The maximum atomic E-state index is 10.5. The Balaban J connectivity index is 2.10. The van der Waals surface area contributed by atoms with Gasteiger partial charge in [-0.1, -0.05) is 0 Å². The summed E-state index contributed by atoms with van der Waals surface area (Å²) in [6, 6.07) is 0. The van der Waals surface area contributed by atoms with Gasteiger partial charge < -0.3 is 4.52 Å². The van der Waals surface area contributed by atoms with Gasteiger partial charge in [-0.15, -0.1) is 0 Å². The first-order valence-electron chi connectivity index (χ1n) is 2.72. The Labute approximate surface area is 63.5 Å². The van der Waals surface area contributed by atoms with Crippen molar-refractivity contribution in [3.05, 3.63) is 0 Å². The SMILES string of the molecule is O=P(Cl)(Cl)OCC1CC1. The van der Waals surface area contributed by atoms with Gasteiger partial charge in [0.1, 0.15) is 0 Å². The van der Waals surface area contributed by atoms with Crippen molar-refractivity contribution in [2.45, 2.75) is 12.8 Å². The molecule has 0 aromatic rings. The van der Waals surface area contributed by atoms with Crippen LogP contribution in [0.3, 0.4) is 0 Å². The molecule has 1 saturated carbocycles. The van der Waals surface area contributed by atoms with E-state index in [-0.39, 0.29) is 0 Å². The second-order valence-electron chi connectivity index (χ2n) is 2.15. The lowest BCUT2D eigenvalue weighted by Gasteiger charge is -2.00. The van der Waals surface area contributed by atoms with Crippen molar-refractivity contribution in [2.24, 2.45) is 5.92 Å². The maximum absolute atomic E-state index is 10.5. The van der Waals surface area contributed by atoms with Gasteiger partial charge in [0.05, 0.1) is 6.61 Å². The monoisotopic (exact) mass is 188 g/mol. The van der Waals surface area contributed by atoms with Crippen LogP contribution in [0.25, 0.3) is 0 Å². The summed E-state index contributed by atoms with van der Waals surface area (Å²) in [4.78, 5) is 0. The second-order valence-corrected chi connectivity index (χ2v) is 6.43. The molecular weight excluding hydrogens is 182 g/mol. The van der Waals surface area contributed by atoms with Gasteiger partial charge >= 0.3 is 6.07 Å². The number of hydrogen-bond donors (Lipinski definition) is 0. The van der Waals surface area contributed by atoms with Crippen LogP contribution < -0.4 is 0 Å². The van der Waals surface area contributed by atoms with Crippen LogP contribution in [-0.4, -0.2) is 6.61 Å². The van der Waals surface area contributed by atoms with E-state index in [2.05, 4.69) is 4.52 Å². The molecule has 1 rings (SSSR count). The van der Waals surface area contributed by atoms with E-state index < -0.39 is 6.07 Å². The zero-order valence-electron chi connectivity index (χ0n) is 4.72.